The number of halogens is 1. The molecule has 0 aromatic carbocycles. The second-order valence-corrected chi connectivity index (χ2v) is 6.25. The van der Waals surface area contributed by atoms with Gasteiger partial charge in [-0.05, 0) is 50.9 Å². The summed E-state index contributed by atoms with van der Waals surface area (Å²) in [5.74, 6) is 0.856. The first-order valence-corrected chi connectivity index (χ1v) is 8.03. The zero-order valence-electron chi connectivity index (χ0n) is 11.9. The van der Waals surface area contributed by atoms with Crippen molar-refractivity contribution in [1.29, 1.82) is 0 Å². The SMILES string of the molecule is Nc1ccc(Cl)nc1N1CCC(N2CCCCC2)CC1. The average Bonchev–Trinajstić information content (AvgIpc) is 2.51. The van der Waals surface area contributed by atoms with Crippen LogP contribution in [-0.2, 0) is 0 Å². The van der Waals surface area contributed by atoms with Crippen molar-refractivity contribution >= 4 is 23.1 Å². The van der Waals surface area contributed by atoms with Gasteiger partial charge in [0.15, 0.2) is 5.82 Å². The highest BCUT2D eigenvalue weighted by molar-refractivity contribution is 6.29. The largest absolute Gasteiger partial charge is 0.396 e. The second kappa shape index (κ2) is 6.19. The number of anilines is 2. The van der Waals surface area contributed by atoms with Crippen LogP contribution in [0, 0.1) is 0 Å². The van der Waals surface area contributed by atoms with Crippen LogP contribution < -0.4 is 10.6 Å². The minimum atomic E-state index is 0.521. The standard InChI is InChI=1S/C15H23ClN4/c16-14-5-4-13(17)15(18-14)20-10-6-12(7-11-20)19-8-2-1-3-9-19/h4-5,12H,1-3,6-11,17H2. The molecule has 2 N–H and O–H groups in total. The zero-order chi connectivity index (χ0) is 13.9. The molecule has 4 nitrogen and oxygen atoms in total. The highest BCUT2D eigenvalue weighted by Gasteiger charge is 2.26. The van der Waals surface area contributed by atoms with E-state index in [2.05, 4.69) is 14.8 Å². The summed E-state index contributed by atoms with van der Waals surface area (Å²) in [6, 6.07) is 4.34. The highest BCUT2D eigenvalue weighted by atomic mass is 35.5. The molecule has 0 amide bonds. The predicted molar refractivity (Wildman–Crippen MR) is 84.3 cm³/mol. The van der Waals surface area contributed by atoms with Crippen molar-refractivity contribution in [1.82, 2.24) is 9.88 Å². The summed E-state index contributed by atoms with van der Waals surface area (Å²) in [5, 5.41) is 0.521. The van der Waals surface area contributed by atoms with Crippen molar-refractivity contribution in [2.24, 2.45) is 0 Å². The Balaban J connectivity index is 1.61. The number of nitrogens with zero attached hydrogens (tertiary/aromatic N) is 3. The van der Waals surface area contributed by atoms with Crippen LogP contribution in [0.15, 0.2) is 12.1 Å². The number of likely N-dealkylation sites (tertiary alicyclic amines) is 1. The van der Waals surface area contributed by atoms with E-state index in [1.54, 1.807) is 6.07 Å². The fourth-order valence-corrected chi connectivity index (χ4v) is 3.56. The van der Waals surface area contributed by atoms with Crippen LogP contribution in [-0.4, -0.2) is 42.1 Å². The Morgan fingerprint density at radius 3 is 2.45 bits per heavy atom. The monoisotopic (exact) mass is 294 g/mol. The van der Waals surface area contributed by atoms with Crippen LogP contribution >= 0.6 is 11.6 Å². The number of piperidine rings is 2. The first kappa shape index (κ1) is 14.0. The molecular formula is C15H23ClN4. The van der Waals surface area contributed by atoms with Gasteiger partial charge in [-0.3, -0.25) is 0 Å². The van der Waals surface area contributed by atoms with Crippen LogP contribution in [0.4, 0.5) is 11.5 Å². The van der Waals surface area contributed by atoms with Crippen molar-refractivity contribution in [2.45, 2.75) is 38.1 Å². The number of aromatic nitrogens is 1. The maximum atomic E-state index is 6.02. The van der Waals surface area contributed by atoms with E-state index in [0.717, 1.165) is 30.6 Å². The fraction of sp³-hybridized carbons (Fsp3) is 0.667. The molecule has 2 aliphatic heterocycles. The number of nitrogen functional groups attached to an aromatic ring is 1. The van der Waals surface area contributed by atoms with Crippen molar-refractivity contribution in [3.05, 3.63) is 17.3 Å². The normalized spacial score (nSPS) is 22.1. The topological polar surface area (TPSA) is 45.4 Å². The molecular weight excluding hydrogens is 272 g/mol. The smallest absolute Gasteiger partial charge is 0.153 e. The molecule has 2 aliphatic rings. The van der Waals surface area contributed by atoms with E-state index in [-0.39, 0.29) is 0 Å². The lowest BCUT2D eigenvalue weighted by molar-refractivity contribution is 0.141. The molecule has 5 heteroatoms. The van der Waals surface area contributed by atoms with Crippen LogP contribution in [0.25, 0.3) is 0 Å². The molecule has 3 heterocycles. The van der Waals surface area contributed by atoms with Gasteiger partial charge in [-0.15, -0.1) is 0 Å². The molecule has 0 unspecified atom stereocenters. The molecule has 1 aromatic rings. The van der Waals surface area contributed by atoms with Gasteiger partial charge in [0.2, 0.25) is 0 Å². The lowest BCUT2D eigenvalue weighted by Crippen LogP contribution is -2.47. The Bertz CT molecular complexity index is 451. The first-order valence-electron chi connectivity index (χ1n) is 7.65. The minimum Gasteiger partial charge on any atom is -0.396 e. The number of pyridine rings is 1. The number of nitrogens with two attached hydrogens (primary N) is 1. The van der Waals surface area contributed by atoms with Gasteiger partial charge in [-0.2, -0.15) is 0 Å². The molecule has 1 aromatic heterocycles. The summed E-state index contributed by atoms with van der Waals surface area (Å²) < 4.78 is 0. The quantitative estimate of drug-likeness (QED) is 0.852. The Morgan fingerprint density at radius 2 is 1.75 bits per heavy atom. The molecule has 2 fully saturated rings. The highest BCUT2D eigenvalue weighted by Crippen LogP contribution is 2.28. The molecule has 0 spiro atoms. The number of hydrogen-bond acceptors (Lipinski definition) is 4. The van der Waals surface area contributed by atoms with Crippen LogP contribution in [0.1, 0.15) is 32.1 Å². The average molecular weight is 295 g/mol. The Hall–Kier alpha value is -1.00. The van der Waals surface area contributed by atoms with E-state index in [1.807, 2.05) is 6.07 Å². The Morgan fingerprint density at radius 1 is 1.05 bits per heavy atom. The van der Waals surface area contributed by atoms with Crippen molar-refractivity contribution in [3.63, 3.8) is 0 Å². The second-order valence-electron chi connectivity index (χ2n) is 5.86. The van der Waals surface area contributed by atoms with Gasteiger partial charge in [-0.25, -0.2) is 4.98 Å². The molecule has 0 atom stereocenters. The zero-order valence-corrected chi connectivity index (χ0v) is 12.6. The number of hydrogen-bond donors (Lipinski definition) is 1. The molecule has 0 radical (unpaired) electrons. The lowest BCUT2D eigenvalue weighted by atomic mass is 10.00. The molecule has 0 saturated carbocycles. The van der Waals surface area contributed by atoms with Crippen molar-refractivity contribution < 1.29 is 0 Å². The van der Waals surface area contributed by atoms with E-state index >= 15 is 0 Å². The minimum absolute atomic E-state index is 0.521. The van der Waals surface area contributed by atoms with E-state index in [0.29, 0.717) is 5.15 Å². The van der Waals surface area contributed by atoms with Gasteiger partial charge in [0.1, 0.15) is 5.15 Å². The Labute approximate surface area is 125 Å². The number of rotatable bonds is 2. The lowest BCUT2D eigenvalue weighted by Gasteiger charge is -2.40. The molecule has 3 rings (SSSR count). The third kappa shape index (κ3) is 3.01. The maximum Gasteiger partial charge on any atom is 0.153 e. The van der Waals surface area contributed by atoms with Gasteiger partial charge < -0.3 is 15.5 Å². The summed E-state index contributed by atoms with van der Waals surface area (Å²) >= 11 is 5.98. The summed E-state index contributed by atoms with van der Waals surface area (Å²) in [6.07, 6.45) is 6.53. The van der Waals surface area contributed by atoms with Crippen molar-refractivity contribution in [2.75, 3.05) is 36.8 Å². The molecule has 0 bridgehead atoms. The molecule has 20 heavy (non-hydrogen) atoms. The van der Waals surface area contributed by atoms with E-state index < -0.39 is 0 Å². The van der Waals surface area contributed by atoms with Crippen LogP contribution in [0.3, 0.4) is 0 Å². The summed E-state index contributed by atoms with van der Waals surface area (Å²) in [7, 11) is 0. The molecule has 110 valence electrons. The van der Waals surface area contributed by atoms with Gasteiger partial charge in [0.05, 0.1) is 5.69 Å². The van der Waals surface area contributed by atoms with Gasteiger partial charge in [0, 0.05) is 19.1 Å². The Kier molecular flexibility index (Phi) is 4.32. The summed E-state index contributed by atoms with van der Waals surface area (Å²) in [4.78, 5) is 9.34. The van der Waals surface area contributed by atoms with Gasteiger partial charge in [-0.1, -0.05) is 18.0 Å². The van der Waals surface area contributed by atoms with Crippen LogP contribution in [0.2, 0.25) is 5.15 Å². The summed E-state index contributed by atoms with van der Waals surface area (Å²) in [6.45, 7) is 4.61. The van der Waals surface area contributed by atoms with E-state index in [9.17, 15) is 0 Å². The molecule has 2 saturated heterocycles. The third-order valence-electron chi connectivity index (χ3n) is 4.54. The van der Waals surface area contributed by atoms with Crippen LogP contribution in [0.5, 0.6) is 0 Å². The maximum absolute atomic E-state index is 6.02. The third-order valence-corrected chi connectivity index (χ3v) is 4.75. The van der Waals surface area contributed by atoms with E-state index in [1.165, 1.54) is 45.2 Å². The van der Waals surface area contributed by atoms with Crippen molar-refractivity contribution in [3.8, 4) is 0 Å². The molecule has 0 aliphatic carbocycles. The van der Waals surface area contributed by atoms with Gasteiger partial charge in [0.25, 0.3) is 0 Å². The first-order chi connectivity index (χ1) is 9.74. The summed E-state index contributed by atoms with van der Waals surface area (Å²) in [5.41, 5.74) is 6.75. The van der Waals surface area contributed by atoms with Gasteiger partial charge >= 0.3 is 0 Å². The predicted octanol–water partition coefficient (Wildman–Crippen LogP) is 2.77. The van der Waals surface area contributed by atoms with E-state index in [4.69, 9.17) is 17.3 Å². The fourth-order valence-electron chi connectivity index (χ4n) is 3.42.